The fraction of sp³-hybridized carbons (Fsp3) is 0.455. The number of methoxy groups -OCH3 is 1. The number of hydrogen-bond acceptors (Lipinski definition) is 4. The number of amides is 1. The summed E-state index contributed by atoms with van der Waals surface area (Å²) < 4.78 is 5.74. The summed E-state index contributed by atoms with van der Waals surface area (Å²) in [6.07, 6.45) is 1.60. The topological polar surface area (TPSA) is 63.2 Å². The van der Waals surface area contributed by atoms with Gasteiger partial charge in [-0.2, -0.15) is 0 Å². The molecule has 1 aromatic heterocycles. The molecule has 0 atom stereocenters. The first kappa shape index (κ1) is 14.1. The highest BCUT2D eigenvalue weighted by molar-refractivity contribution is 9.10. The van der Waals surface area contributed by atoms with Gasteiger partial charge in [0, 0.05) is 37.4 Å². The van der Waals surface area contributed by atoms with Crippen molar-refractivity contribution < 1.29 is 9.53 Å². The maximum absolute atomic E-state index is 11.6. The van der Waals surface area contributed by atoms with Crippen molar-refractivity contribution in [3.05, 3.63) is 28.5 Å². The third-order valence-corrected chi connectivity index (χ3v) is 2.50. The molecule has 0 radical (unpaired) electrons. The number of nitrogens with one attached hydrogen (secondary N) is 2. The largest absolute Gasteiger partial charge is 0.383 e. The lowest BCUT2D eigenvalue weighted by atomic mass is 10.3. The summed E-state index contributed by atoms with van der Waals surface area (Å²) in [7, 11) is 1.66. The Morgan fingerprint density at radius 3 is 2.88 bits per heavy atom. The average molecular weight is 302 g/mol. The standard InChI is InChI=1S/C11H16BrN3O2/c1-17-7-6-13-4-5-14-11(16)10-3-2-9(12)8-15-10/h2-3,8,13H,4-7H2,1H3,(H,14,16). The van der Waals surface area contributed by atoms with E-state index in [9.17, 15) is 4.79 Å². The van der Waals surface area contributed by atoms with Crippen LogP contribution in [0.4, 0.5) is 0 Å². The molecule has 0 unspecified atom stereocenters. The molecule has 0 saturated heterocycles. The molecule has 1 rings (SSSR count). The Bertz CT molecular complexity index is 343. The van der Waals surface area contributed by atoms with E-state index in [0.29, 0.717) is 25.4 Å². The second-order valence-electron chi connectivity index (χ2n) is 3.36. The number of ether oxygens (including phenoxy) is 1. The van der Waals surface area contributed by atoms with Gasteiger partial charge in [0.1, 0.15) is 5.69 Å². The Hall–Kier alpha value is -0.980. The van der Waals surface area contributed by atoms with Crippen molar-refractivity contribution in [2.24, 2.45) is 0 Å². The van der Waals surface area contributed by atoms with Crippen LogP contribution in [0.2, 0.25) is 0 Å². The van der Waals surface area contributed by atoms with Crippen LogP contribution in [0.5, 0.6) is 0 Å². The number of carbonyl (C=O) groups is 1. The number of carbonyl (C=O) groups excluding carboxylic acids is 1. The molecule has 2 N–H and O–H groups in total. The molecule has 0 aliphatic carbocycles. The summed E-state index contributed by atoms with van der Waals surface area (Å²) in [4.78, 5) is 15.6. The van der Waals surface area contributed by atoms with Crippen molar-refractivity contribution in [3.63, 3.8) is 0 Å². The second kappa shape index (κ2) is 8.16. The van der Waals surface area contributed by atoms with Gasteiger partial charge < -0.3 is 15.4 Å². The monoisotopic (exact) mass is 301 g/mol. The highest BCUT2D eigenvalue weighted by Crippen LogP contribution is 2.06. The first-order valence-electron chi connectivity index (χ1n) is 5.33. The SMILES string of the molecule is COCCNCCNC(=O)c1ccc(Br)cn1. The number of hydrogen-bond donors (Lipinski definition) is 2. The second-order valence-corrected chi connectivity index (χ2v) is 4.28. The van der Waals surface area contributed by atoms with Crippen molar-refractivity contribution >= 4 is 21.8 Å². The van der Waals surface area contributed by atoms with E-state index in [-0.39, 0.29) is 5.91 Å². The van der Waals surface area contributed by atoms with Gasteiger partial charge in [0.25, 0.3) is 5.91 Å². The molecule has 0 saturated carbocycles. The maximum Gasteiger partial charge on any atom is 0.269 e. The fourth-order valence-corrected chi connectivity index (χ4v) is 1.40. The smallest absolute Gasteiger partial charge is 0.269 e. The van der Waals surface area contributed by atoms with Crippen molar-refractivity contribution in [2.75, 3.05) is 33.4 Å². The molecule has 0 aromatic carbocycles. The molecule has 94 valence electrons. The summed E-state index contributed by atoms with van der Waals surface area (Å²) in [5.41, 5.74) is 0.421. The van der Waals surface area contributed by atoms with E-state index in [4.69, 9.17) is 4.74 Å². The van der Waals surface area contributed by atoms with Gasteiger partial charge in [-0.25, -0.2) is 4.98 Å². The zero-order chi connectivity index (χ0) is 12.5. The van der Waals surface area contributed by atoms with E-state index in [1.165, 1.54) is 0 Å². The molecular formula is C11H16BrN3O2. The molecule has 0 aliphatic heterocycles. The lowest BCUT2D eigenvalue weighted by Crippen LogP contribution is -2.33. The van der Waals surface area contributed by atoms with Gasteiger partial charge in [-0.15, -0.1) is 0 Å². The Morgan fingerprint density at radius 1 is 1.41 bits per heavy atom. The van der Waals surface area contributed by atoms with Crippen LogP contribution in [0.1, 0.15) is 10.5 Å². The predicted octanol–water partition coefficient (Wildman–Crippen LogP) is 0.810. The van der Waals surface area contributed by atoms with Crippen LogP contribution >= 0.6 is 15.9 Å². The number of halogens is 1. The van der Waals surface area contributed by atoms with Crippen LogP contribution in [0.25, 0.3) is 0 Å². The van der Waals surface area contributed by atoms with E-state index in [1.807, 2.05) is 0 Å². The van der Waals surface area contributed by atoms with Gasteiger partial charge in [-0.3, -0.25) is 4.79 Å². The minimum absolute atomic E-state index is 0.161. The summed E-state index contributed by atoms with van der Waals surface area (Å²) in [6.45, 7) is 2.73. The van der Waals surface area contributed by atoms with Crippen LogP contribution in [0.15, 0.2) is 22.8 Å². The number of rotatable bonds is 7. The molecule has 0 bridgehead atoms. The molecule has 17 heavy (non-hydrogen) atoms. The number of pyridine rings is 1. The third-order valence-electron chi connectivity index (χ3n) is 2.03. The van der Waals surface area contributed by atoms with Crippen molar-refractivity contribution in [1.82, 2.24) is 15.6 Å². The van der Waals surface area contributed by atoms with Gasteiger partial charge in [-0.05, 0) is 28.1 Å². The van der Waals surface area contributed by atoms with Gasteiger partial charge in [0.15, 0.2) is 0 Å². The van der Waals surface area contributed by atoms with Crippen molar-refractivity contribution in [2.45, 2.75) is 0 Å². The minimum Gasteiger partial charge on any atom is -0.383 e. The average Bonchev–Trinajstić information content (AvgIpc) is 2.34. The molecule has 1 heterocycles. The normalized spacial score (nSPS) is 10.2. The summed E-state index contributed by atoms with van der Waals surface area (Å²) >= 11 is 3.27. The first-order valence-corrected chi connectivity index (χ1v) is 6.12. The molecule has 1 amide bonds. The highest BCUT2D eigenvalue weighted by atomic mass is 79.9. The van der Waals surface area contributed by atoms with E-state index < -0.39 is 0 Å². The van der Waals surface area contributed by atoms with Crippen LogP contribution in [0.3, 0.4) is 0 Å². The number of nitrogens with zero attached hydrogens (tertiary/aromatic N) is 1. The van der Waals surface area contributed by atoms with Crippen LogP contribution in [-0.2, 0) is 4.74 Å². The summed E-state index contributed by atoms with van der Waals surface area (Å²) in [5.74, 6) is -0.161. The fourth-order valence-electron chi connectivity index (χ4n) is 1.16. The lowest BCUT2D eigenvalue weighted by Gasteiger charge is -2.06. The highest BCUT2D eigenvalue weighted by Gasteiger charge is 2.05. The Labute approximate surface area is 109 Å². The van der Waals surface area contributed by atoms with E-state index in [2.05, 4.69) is 31.5 Å². The first-order chi connectivity index (χ1) is 8.24. The molecule has 1 aromatic rings. The maximum atomic E-state index is 11.6. The van der Waals surface area contributed by atoms with E-state index >= 15 is 0 Å². The molecule has 6 heteroatoms. The van der Waals surface area contributed by atoms with Crippen LogP contribution in [-0.4, -0.2) is 44.2 Å². The summed E-state index contributed by atoms with van der Waals surface area (Å²) in [5, 5.41) is 5.91. The molecule has 5 nitrogen and oxygen atoms in total. The zero-order valence-corrected chi connectivity index (χ0v) is 11.3. The van der Waals surface area contributed by atoms with Gasteiger partial charge in [0.2, 0.25) is 0 Å². The third kappa shape index (κ3) is 5.76. The Kier molecular flexibility index (Phi) is 6.76. The van der Waals surface area contributed by atoms with Crippen LogP contribution < -0.4 is 10.6 Å². The molecule has 0 aliphatic rings. The summed E-state index contributed by atoms with van der Waals surface area (Å²) in [6, 6.07) is 3.47. The molecule has 0 spiro atoms. The molecular weight excluding hydrogens is 286 g/mol. The lowest BCUT2D eigenvalue weighted by molar-refractivity contribution is 0.0948. The quantitative estimate of drug-likeness (QED) is 0.732. The van der Waals surface area contributed by atoms with E-state index in [1.54, 1.807) is 25.4 Å². The van der Waals surface area contributed by atoms with Crippen molar-refractivity contribution in [1.29, 1.82) is 0 Å². The van der Waals surface area contributed by atoms with Crippen LogP contribution in [0, 0.1) is 0 Å². The van der Waals surface area contributed by atoms with Gasteiger partial charge in [-0.1, -0.05) is 0 Å². The predicted molar refractivity (Wildman–Crippen MR) is 69.0 cm³/mol. The Morgan fingerprint density at radius 2 is 2.24 bits per heavy atom. The van der Waals surface area contributed by atoms with Gasteiger partial charge in [0.05, 0.1) is 6.61 Å². The van der Waals surface area contributed by atoms with Gasteiger partial charge >= 0.3 is 0 Å². The minimum atomic E-state index is -0.161. The molecule has 0 fully saturated rings. The Balaban J connectivity index is 2.19. The van der Waals surface area contributed by atoms with Crippen molar-refractivity contribution in [3.8, 4) is 0 Å². The zero-order valence-electron chi connectivity index (χ0n) is 9.70. The van der Waals surface area contributed by atoms with E-state index in [0.717, 1.165) is 11.0 Å². The number of aromatic nitrogens is 1.